The molecule has 0 aromatic heterocycles. The molecule has 0 radical (unpaired) electrons. The standard InChI is InChI=1S/C14H30N2/c1-12(2)9-7-8-10-16(6)13(3)11-14(4,5)15/h8,10,12-13H,7,9,11,15H2,1-6H3. The molecule has 2 N–H and O–H groups in total. The maximum Gasteiger partial charge on any atom is 0.0270 e. The summed E-state index contributed by atoms with van der Waals surface area (Å²) in [7, 11) is 2.13. The van der Waals surface area contributed by atoms with Gasteiger partial charge in [-0.3, -0.25) is 0 Å². The van der Waals surface area contributed by atoms with Crippen molar-refractivity contribution in [3.63, 3.8) is 0 Å². The zero-order chi connectivity index (χ0) is 12.8. The van der Waals surface area contributed by atoms with Crippen molar-refractivity contribution < 1.29 is 0 Å². The Bertz CT molecular complexity index is 201. The average Bonchev–Trinajstić information content (AvgIpc) is 2.08. The third-order valence-corrected chi connectivity index (χ3v) is 2.77. The molecule has 2 nitrogen and oxygen atoms in total. The maximum atomic E-state index is 6.02. The molecule has 0 fully saturated rings. The highest BCUT2D eigenvalue weighted by molar-refractivity contribution is 4.87. The van der Waals surface area contributed by atoms with Crippen LogP contribution in [0.1, 0.15) is 53.9 Å². The van der Waals surface area contributed by atoms with Crippen LogP contribution in [0, 0.1) is 5.92 Å². The van der Waals surface area contributed by atoms with Crippen molar-refractivity contribution >= 4 is 0 Å². The SMILES string of the molecule is CC(C)CCC=CN(C)C(C)CC(C)(C)N. The summed E-state index contributed by atoms with van der Waals surface area (Å²) in [5, 5.41) is 0. The van der Waals surface area contributed by atoms with E-state index in [0.717, 1.165) is 12.3 Å². The summed E-state index contributed by atoms with van der Waals surface area (Å²) < 4.78 is 0. The molecule has 0 amide bonds. The highest BCUT2D eigenvalue weighted by Gasteiger charge is 2.16. The molecule has 0 aliphatic carbocycles. The summed E-state index contributed by atoms with van der Waals surface area (Å²) in [5.74, 6) is 0.787. The van der Waals surface area contributed by atoms with Gasteiger partial charge in [-0.25, -0.2) is 0 Å². The van der Waals surface area contributed by atoms with Crippen LogP contribution in [-0.2, 0) is 0 Å². The molecule has 1 unspecified atom stereocenters. The topological polar surface area (TPSA) is 29.3 Å². The lowest BCUT2D eigenvalue weighted by atomic mass is 9.97. The van der Waals surface area contributed by atoms with Gasteiger partial charge >= 0.3 is 0 Å². The first kappa shape index (κ1) is 15.5. The Morgan fingerprint density at radius 2 is 1.81 bits per heavy atom. The summed E-state index contributed by atoms with van der Waals surface area (Å²) in [6.07, 6.45) is 7.90. The van der Waals surface area contributed by atoms with Crippen molar-refractivity contribution in [3.05, 3.63) is 12.3 Å². The molecule has 0 rings (SSSR count). The molecular formula is C14H30N2. The van der Waals surface area contributed by atoms with Crippen LogP contribution in [-0.4, -0.2) is 23.5 Å². The summed E-state index contributed by atoms with van der Waals surface area (Å²) in [6.45, 7) is 10.9. The van der Waals surface area contributed by atoms with Crippen LogP contribution >= 0.6 is 0 Å². The lowest BCUT2D eigenvalue weighted by molar-refractivity contribution is 0.282. The fraction of sp³-hybridized carbons (Fsp3) is 0.857. The van der Waals surface area contributed by atoms with E-state index in [4.69, 9.17) is 5.73 Å². The van der Waals surface area contributed by atoms with Gasteiger partial charge in [-0.15, -0.1) is 0 Å². The summed E-state index contributed by atoms with van der Waals surface area (Å²) >= 11 is 0. The van der Waals surface area contributed by atoms with Gasteiger partial charge in [0.15, 0.2) is 0 Å². The zero-order valence-corrected chi connectivity index (χ0v) is 12.0. The van der Waals surface area contributed by atoms with Crippen LogP contribution in [0.15, 0.2) is 12.3 Å². The molecule has 1 atom stereocenters. The van der Waals surface area contributed by atoms with Crippen LogP contribution in [0.2, 0.25) is 0 Å². The molecule has 0 saturated heterocycles. The second-order valence-corrected chi connectivity index (χ2v) is 6.06. The van der Waals surface area contributed by atoms with Crippen LogP contribution in [0.3, 0.4) is 0 Å². The maximum absolute atomic E-state index is 6.02. The van der Waals surface area contributed by atoms with Crippen molar-refractivity contribution in [2.45, 2.75) is 65.5 Å². The molecule has 2 heteroatoms. The van der Waals surface area contributed by atoms with Gasteiger partial charge in [0.2, 0.25) is 0 Å². The van der Waals surface area contributed by atoms with Gasteiger partial charge < -0.3 is 10.6 Å². The van der Waals surface area contributed by atoms with E-state index in [2.05, 4.69) is 58.8 Å². The van der Waals surface area contributed by atoms with Crippen LogP contribution < -0.4 is 5.73 Å². The van der Waals surface area contributed by atoms with Crippen molar-refractivity contribution in [2.24, 2.45) is 11.7 Å². The second-order valence-electron chi connectivity index (χ2n) is 6.06. The van der Waals surface area contributed by atoms with Crippen molar-refractivity contribution in [2.75, 3.05) is 7.05 Å². The molecule has 96 valence electrons. The number of nitrogens with two attached hydrogens (primary N) is 1. The molecule has 0 aliphatic rings. The monoisotopic (exact) mass is 226 g/mol. The number of allylic oxidation sites excluding steroid dienone is 1. The van der Waals surface area contributed by atoms with Gasteiger partial charge in [0, 0.05) is 18.6 Å². The molecule has 0 aliphatic heterocycles. The first-order chi connectivity index (χ1) is 7.22. The Morgan fingerprint density at radius 3 is 2.25 bits per heavy atom. The van der Waals surface area contributed by atoms with Crippen LogP contribution in [0.5, 0.6) is 0 Å². The minimum absolute atomic E-state index is 0.0839. The Morgan fingerprint density at radius 1 is 1.25 bits per heavy atom. The van der Waals surface area contributed by atoms with E-state index >= 15 is 0 Å². The van der Waals surface area contributed by atoms with Crippen molar-refractivity contribution in [1.82, 2.24) is 4.90 Å². The molecule has 0 spiro atoms. The van der Waals surface area contributed by atoms with Gasteiger partial charge in [0.1, 0.15) is 0 Å². The molecule has 0 saturated carbocycles. The minimum Gasteiger partial charge on any atom is -0.378 e. The summed E-state index contributed by atoms with van der Waals surface area (Å²) in [5.41, 5.74) is 5.93. The van der Waals surface area contributed by atoms with E-state index in [9.17, 15) is 0 Å². The largest absolute Gasteiger partial charge is 0.378 e. The van der Waals surface area contributed by atoms with E-state index in [1.165, 1.54) is 12.8 Å². The van der Waals surface area contributed by atoms with Gasteiger partial charge in [-0.05, 0) is 52.2 Å². The first-order valence-corrected chi connectivity index (χ1v) is 6.40. The molecule has 0 aromatic carbocycles. The van der Waals surface area contributed by atoms with E-state index < -0.39 is 0 Å². The van der Waals surface area contributed by atoms with Gasteiger partial charge in [-0.2, -0.15) is 0 Å². The number of nitrogens with zero attached hydrogens (tertiary/aromatic N) is 1. The Labute approximate surface area is 102 Å². The predicted octanol–water partition coefficient (Wildman–Crippen LogP) is 3.38. The normalized spacial score (nSPS) is 14.8. The fourth-order valence-electron chi connectivity index (χ4n) is 1.72. The smallest absolute Gasteiger partial charge is 0.0270 e. The Balaban J connectivity index is 3.91. The first-order valence-electron chi connectivity index (χ1n) is 6.40. The van der Waals surface area contributed by atoms with Crippen LogP contribution in [0.25, 0.3) is 0 Å². The van der Waals surface area contributed by atoms with Gasteiger partial charge in [0.05, 0.1) is 0 Å². The summed E-state index contributed by atoms with van der Waals surface area (Å²) in [6, 6.07) is 0.496. The van der Waals surface area contributed by atoms with Gasteiger partial charge in [-0.1, -0.05) is 19.9 Å². The fourth-order valence-corrected chi connectivity index (χ4v) is 1.72. The van der Waals surface area contributed by atoms with Crippen molar-refractivity contribution in [1.29, 1.82) is 0 Å². The zero-order valence-electron chi connectivity index (χ0n) is 12.0. The van der Waals surface area contributed by atoms with E-state index in [-0.39, 0.29) is 5.54 Å². The number of rotatable bonds is 7. The van der Waals surface area contributed by atoms with Crippen molar-refractivity contribution in [3.8, 4) is 0 Å². The molecular weight excluding hydrogens is 196 g/mol. The second kappa shape index (κ2) is 6.95. The van der Waals surface area contributed by atoms with Gasteiger partial charge in [0.25, 0.3) is 0 Å². The highest BCUT2D eigenvalue weighted by atomic mass is 15.1. The van der Waals surface area contributed by atoms with E-state index in [1.807, 2.05) is 0 Å². The minimum atomic E-state index is -0.0839. The highest BCUT2D eigenvalue weighted by Crippen LogP contribution is 2.12. The third-order valence-electron chi connectivity index (χ3n) is 2.77. The number of hydrogen-bond acceptors (Lipinski definition) is 2. The van der Waals surface area contributed by atoms with E-state index in [1.54, 1.807) is 0 Å². The van der Waals surface area contributed by atoms with Crippen LogP contribution in [0.4, 0.5) is 0 Å². The third kappa shape index (κ3) is 8.78. The molecule has 0 aromatic rings. The Kier molecular flexibility index (Phi) is 6.73. The molecule has 16 heavy (non-hydrogen) atoms. The number of hydrogen-bond donors (Lipinski definition) is 1. The lowest BCUT2D eigenvalue weighted by Crippen LogP contribution is -2.39. The average molecular weight is 226 g/mol. The molecule has 0 bridgehead atoms. The molecule has 0 heterocycles. The quantitative estimate of drug-likeness (QED) is 0.721. The summed E-state index contributed by atoms with van der Waals surface area (Å²) in [4.78, 5) is 2.26. The predicted molar refractivity (Wildman–Crippen MR) is 73.3 cm³/mol. The Hall–Kier alpha value is -0.500. The van der Waals surface area contributed by atoms with E-state index in [0.29, 0.717) is 6.04 Å². The lowest BCUT2D eigenvalue weighted by Gasteiger charge is -2.29.